The summed E-state index contributed by atoms with van der Waals surface area (Å²) >= 11 is 6.07. The monoisotopic (exact) mass is 290 g/mol. The van der Waals surface area contributed by atoms with Gasteiger partial charge in [0.2, 0.25) is 0 Å². The Morgan fingerprint density at radius 2 is 2.10 bits per heavy atom. The second-order valence-electron chi connectivity index (χ2n) is 4.51. The summed E-state index contributed by atoms with van der Waals surface area (Å²) in [6, 6.07) is 6.00. The van der Waals surface area contributed by atoms with E-state index in [1.807, 2.05) is 13.8 Å². The highest BCUT2D eigenvalue weighted by Crippen LogP contribution is 2.30. The van der Waals surface area contributed by atoms with Crippen LogP contribution in [0.5, 0.6) is 0 Å². The van der Waals surface area contributed by atoms with E-state index in [1.54, 1.807) is 6.07 Å². The summed E-state index contributed by atoms with van der Waals surface area (Å²) in [5, 5.41) is 12.2. The summed E-state index contributed by atoms with van der Waals surface area (Å²) in [6.07, 6.45) is 1.35. The Labute approximate surface area is 121 Å². The van der Waals surface area contributed by atoms with Crippen molar-refractivity contribution in [2.75, 3.05) is 5.32 Å². The lowest BCUT2D eigenvalue weighted by Crippen LogP contribution is -2.03. The summed E-state index contributed by atoms with van der Waals surface area (Å²) < 4.78 is 13.3. The molecule has 1 N–H and O–H groups in total. The lowest BCUT2D eigenvalue weighted by molar-refractivity contribution is 0.624. The number of aromatic nitrogens is 2. The summed E-state index contributed by atoms with van der Waals surface area (Å²) in [5.41, 5.74) is 1.32. The average Bonchev–Trinajstić information content (AvgIpc) is 2.40. The number of hydrogen-bond acceptors (Lipinski definition) is 4. The van der Waals surface area contributed by atoms with Gasteiger partial charge in [-0.15, -0.1) is 0 Å². The SMILES string of the molecule is CC(C)c1c(Cl)ncnc1Nc1ccc(F)c(C#N)c1. The Balaban J connectivity index is 2.41. The van der Waals surface area contributed by atoms with Gasteiger partial charge in [0.1, 0.15) is 29.2 Å². The molecule has 20 heavy (non-hydrogen) atoms. The van der Waals surface area contributed by atoms with Gasteiger partial charge >= 0.3 is 0 Å². The molecule has 0 amide bonds. The summed E-state index contributed by atoms with van der Waals surface area (Å²) in [7, 11) is 0. The molecule has 0 saturated carbocycles. The predicted molar refractivity (Wildman–Crippen MR) is 75.5 cm³/mol. The highest BCUT2D eigenvalue weighted by molar-refractivity contribution is 6.30. The van der Waals surface area contributed by atoms with Crippen LogP contribution < -0.4 is 5.32 Å². The molecule has 0 unspecified atom stereocenters. The summed E-state index contributed by atoms with van der Waals surface area (Å²) in [5.74, 6) is 0.125. The maximum atomic E-state index is 13.3. The Morgan fingerprint density at radius 3 is 2.75 bits per heavy atom. The van der Waals surface area contributed by atoms with Gasteiger partial charge in [0.15, 0.2) is 0 Å². The van der Waals surface area contributed by atoms with Gasteiger partial charge in [-0.2, -0.15) is 5.26 Å². The first-order chi connectivity index (χ1) is 9.52. The molecule has 1 heterocycles. The molecule has 0 saturated heterocycles. The number of rotatable bonds is 3. The molecule has 1 aromatic heterocycles. The van der Waals surface area contributed by atoms with Crippen LogP contribution in [0.25, 0.3) is 0 Å². The van der Waals surface area contributed by atoms with Crippen LogP contribution >= 0.6 is 11.6 Å². The number of anilines is 2. The molecule has 4 nitrogen and oxygen atoms in total. The molecule has 0 radical (unpaired) electrons. The molecule has 0 spiro atoms. The van der Waals surface area contributed by atoms with Crippen LogP contribution in [-0.4, -0.2) is 9.97 Å². The highest BCUT2D eigenvalue weighted by Gasteiger charge is 2.14. The zero-order chi connectivity index (χ0) is 14.7. The smallest absolute Gasteiger partial charge is 0.141 e. The van der Waals surface area contributed by atoms with Crippen molar-refractivity contribution in [3.05, 3.63) is 46.6 Å². The van der Waals surface area contributed by atoms with Gasteiger partial charge in [-0.3, -0.25) is 0 Å². The Bertz CT molecular complexity index is 679. The minimum Gasteiger partial charge on any atom is -0.340 e. The van der Waals surface area contributed by atoms with E-state index in [9.17, 15) is 4.39 Å². The van der Waals surface area contributed by atoms with Crippen molar-refractivity contribution in [1.82, 2.24) is 9.97 Å². The fourth-order valence-electron chi connectivity index (χ4n) is 1.81. The molecule has 0 atom stereocenters. The van der Waals surface area contributed by atoms with E-state index < -0.39 is 5.82 Å². The van der Waals surface area contributed by atoms with Crippen LogP contribution in [0.3, 0.4) is 0 Å². The van der Waals surface area contributed by atoms with Crippen molar-refractivity contribution in [2.45, 2.75) is 19.8 Å². The second kappa shape index (κ2) is 5.85. The Morgan fingerprint density at radius 1 is 1.35 bits per heavy atom. The summed E-state index contributed by atoms with van der Waals surface area (Å²) in [6.45, 7) is 3.95. The number of nitrogens with one attached hydrogen (secondary N) is 1. The molecular formula is C14H12ClFN4. The molecule has 0 aliphatic rings. The molecule has 102 valence electrons. The molecule has 2 rings (SSSR count). The number of benzene rings is 1. The quantitative estimate of drug-likeness (QED) is 0.868. The Hall–Kier alpha value is -2.19. The van der Waals surface area contributed by atoms with Gasteiger partial charge < -0.3 is 5.32 Å². The third-order valence-electron chi connectivity index (χ3n) is 2.76. The van der Waals surface area contributed by atoms with Gasteiger partial charge in [0.25, 0.3) is 0 Å². The zero-order valence-corrected chi connectivity index (χ0v) is 11.7. The van der Waals surface area contributed by atoms with Gasteiger partial charge in [0.05, 0.1) is 5.56 Å². The summed E-state index contributed by atoms with van der Waals surface area (Å²) in [4.78, 5) is 8.10. The van der Waals surface area contributed by atoms with Crippen molar-refractivity contribution < 1.29 is 4.39 Å². The normalized spacial score (nSPS) is 10.4. The third-order valence-corrected chi connectivity index (χ3v) is 3.06. The number of nitrogens with zero attached hydrogens (tertiary/aromatic N) is 3. The maximum absolute atomic E-state index is 13.3. The molecule has 6 heteroatoms. The van der Waals surface area contributed by atoms with E-state index in [2.05, 4.69) is 15.3 Å². The van der Waals surface area contributed by atoms with E-state index in [1.165, 1.54) is 24.5 Å². The Kier molecular flexibility index (Phi) is 4.16. The van der Waals surface area contributed by atoms with Crippen LogP contribution in [0, 0.1) is 17.1 Å². The first-order valence-electron chi connectivity index (χ1n) is 6.00. The van der Waals surface area contributed by atoms with E-state index >= 15 is 0 Å². The van der Waals surface area contributed by atoms with Crippen molar-refractivity contribution in [1.29, 1.82) is 5.26 Å². The van der Waals surface area contributed by atoms with Crippen molar-refractivity contribution in [3.63, 3.8) is 0 Å². The van der Waals surface area contributed by atoms with Crippen LogP contribution in [-0.2, 0) is 0 Å². The standard InChI is InChI=1S/C14H12ClFN4/c1-8(2)12-13(15)18-7-19-14(12)20-10-3-4-11(16)9(5-10)6-17/h3-5,7-8H,1-2H3,(H,18,19,20). The van der Waals surface area contributed by atoms with E-state index in [4.69, 9.17) is 16.9 Å². The molecule has 0 aliphatic carbocycles. The van der Waals surface area contributed by atoms with E-state index in [-0.39, 0.29) is 11.5 Å². The first kappa shape index (κ1) is 14.2. The molecule has 0 aliphatic heterocycles. The van der Waals surface area contributed by atoms with Crippen molar-refractivity contribution in [2.24, 2.45) is 0 Å². The fourth-order valence-corrected chi connectivity index (χ4v) is 2.16. The first-order valence-corrected chi connectivity index (χ1v) is 6.37. The fraction of sp³-hybridized carbons (Fsp3) is 0.214. The van der Waals surface area contributed by atoms with Crippen molar-refractivity contribution in [3.8, 4) is 6.07 Å². The van der Waals surface area contributed by atoms with Gasteiger partial charge in [0, 0.05) is 11.3 Å². The lowest BCUT2D eigenvalue weighted by atomic mass is 10.1. The minimum atomic E-state index is -0.553. The minimum absolute atomic E-state index is 0.0266. The van der Waals surface area contributed by atoms with E-state index in [0.717, 1.165) is 5.56 Å². The second-order valence-corrected chi connectivity index (χ2v) is 4.87. The van der Waals surface area contributed by atoms with Crippen LogP contribution in [0.15, 0.2) is 24.5 Å². The van der Waals surface area contributed by atoms with Gasteiger partial charge in [-0.25, -0.2) is 14.4 Å². The topological polar surface area (TPSA) is 61.6 Å². The zero-order valence-electron chi connectivity index (χ0n) is 11.0. The average molecular weight is 291 g/mol. The third kappa shape index (κ3) is 2.86. The van der Waals surface area contributed by atoms with E-state index in [0.29, 0.717) is 16.7 Å². The van der Waals surface area contributed by atoms with Crippen molar-refractivity contribution >= 4 is 23.1 Å². The number of nitriles is 1. The number of hydrogen-bond donors (Lipinski definition) is 1. The largest absolute Gasteiger partial charge is 0.340 e. The van der Waals surface area contributed by atoms with Crippen LogP contribution in [0.2, 0.25) is 5.15 Å². The lowest BCUT2D eigenvalue weighted by Gasteiger charge is -2.14. The molecule has 1 aromatic carbocycles. The molecule has 0 bridgehead atoms. The van der Waals surface area contributed by atoms with Gasteiger partial charge in [-0.1, -0.05) is 25.4 Å². The van der Waals surface area contributed by atoms with Crippen LogP contribution in [0.4, 0.5) is 15.9 Å². The maximum Gasteiger partial charge on any atom is 0.141 e. The molecule has 2 aromatic rings. The van der Waals surface area contributed by atoms with Gasteiger partial charge in [-0.05, 0) is 24.1 Å². The number of halogens is 2. The molecule has 0 fully saturated rings. The van der Waals surface area contributed by atoms with Crippen LogP contribution in [0.1, 0.15) is 30.9 Å². The predicted octanol–water partition coefficient (Wildman–Crippen LogP) is 4.01. The molecular weight excluding hydrogens is 279 g/mol. The highest BCUT2D eigenvalue weighted by atomic mass is 35.5.